The number of morpholine rings is 2. The van der Waals surface area contributed by atoms with Crippen molar-refractivity contribution >= 4 is 128 Å². The minimum Gasteiger partial charge on any atom is -0.432 e. The van der Waals surface area contributed by atoms with Gasteiger partial charge in [-0.3, -0.25) is 14.4 Å². The largest absolute Gasteiger partial charge is 0.513 e. The lowest BCUT2D eigenvalue weighted by Crippen LogP contribution is -2.57. The Morgan fingerprint density at radius 1 is 0.667 bits per heavy atom. The minimum absolute atomic E-state index is 0.0100. The number of hydrogen-bond donors (Lipinski definition) is 2. The van der Waals surface area contributed by atoms with Gasteiger partial charge in [0.25, 0.3) is 5.91 Å². The number of Topliss-reactive ketones (excluding diaryl/α,β-unsaturated/α-hetero) is 1. The number of methoxy groups -OCH3 is 1. The SMILES string of the molecule is COCCOC(=O)OC1=C(Sc2cc(Cl)ccc2Cl)C(=O)NC(c2ccc(N3CCOCC3)cc2)(c2ccsc2)C1.O=C1CC(c2ccc(N3CCOCC3)cc2)(c2ccsc2)NC(=O)C1Sc1cc(Cl)ccc1Cl. The number of thioether (sulfide) groups is 2. The zero-order chi connectivity index (χ0) is 52.5. The highest BCUT2D eigenvalue weighted by molar-refractivity contribution is 8.04. The molecule has 4 aromatic carbocycles. The third kappa shape index (κ3) is 12.8. The van der Waals surface area contributed by atoms with Crippen molar-refractivity contribution in [3.63, 3.8) is 0 Å². The predicted octanol–water partition coefficient (Wildman–Crippen LogP) is 11.8. The number of carbonyl (C=O) groups excluding carboxylic acids is 4. The van der Waals surface area contributed by atoms with Crippen molar-refractivity contribution in [3.05, 3.63) is 172 Å². The highest BCUT2D eigenvalue weighted by atomic mass is 35.5. The van der Waals surface area contributed by atoms with Gasteiger partial charge in [0.05, 0.1) is 54.2 Å². The van der Waals surface area contributed by atoms with Gasteiger partial charge in [-0.15, -0.1) is 11.8 Å². The van der Waals surface area contributed by atoms with Gasteiger partial charge in [-0.25, -0.2) is 4.79 Å². The van der Waals surface area contributed by atoms with E-state index in [0.29, 0.717) is 56.3 Å². The Kier molecular flexibility index (Phi) is 18.4. The van der Waals surface area contributed by atoms with Gasteiger partial charge >= 0.3 is 6.16 Å². The summed E-state index contributed by atoms with van der Waals surface area (Å²) in [6.07, 6.45) is -0.613. The summed E-state index contributed by atoms with van der Waals surface area (Å²) >= 11 is 30.3. The highest BCUT2D eigenvalue weighted by Crippen LogP contribution is 2.47. The van der Waals surface area contributed by atoms with Crippen LogP contribution in [0.5, 0.6) is 0 Å². The third-order valence-electron chi connectivity index (χ3n) is 13.0. The molecule has 3 fully saturated rings. The summed E-state index contributed by atoms with van der Waals surface area (Å²) in [6.45, 7) is 6.30. The smallest absolute Gasteiger partial charge is 0.432 e. The number of nitrogens with zero attached hydrogens (tertiary/aromatic N) is 2. The molecule has 2 amide bonds. The number of anilines is 2. The molecule has 13 nitrogen and oxygen atoms in total. The fourth-order valence-electron chi connectivity index (χ4n) is 9.17. The summed E-state index contributed by atoms with van der Waals surface area (Å²) in [4.78, 5) is 59.3. The Balaban J connectivity index is 0.000000187. The zero-order valence-electron chi connectivity index (χ0n) is 40.3. The fraction of sp³-hybridized carbons (Fsp3) is 0.296. The van der Waals surface area contributed by atoms with Gasteiger partial charge in [0.2, 0.25) is 5.91 Å². The number of piperidine rings is 1. The Hall–Kier alpha value is -4.76. The van der Waals surface area contributed by atoms with Crippen LogP contribution in [-0.4, -0.2) is 102 Å². The molecule has 0 radical (unpaired) electrons. The topological polar surface area (TPSA) is 145 Å². The molecule has 2 aromatic heterocycles. The molecule has 3 atom stereocenters. The first-order chi connectivity index (χ1) is 36.4. The normalized spacial score (nSPS) is 21.0. The molecule has 4 aliphatic heterocycles. The predicted molar refractivity (Wildman–Crippen MR) is 299 cm³/mol. The Labute approximate surface area is 471 Å². The second-order valence-electron chi connectivity index (χ2n) is 17.6. The standard InChI is InChI=1S/C29H28Cl2N2O6S2.C25H22Cl2N2O3S2/c1-36-13-14-38-28(35)39-24-17-29(20-8-15-40-18-20,19-2-5-22(6-3-19)33-9-11-37-12-10-33)32-27(34)26(24)41-25-16-21(30)4-7-23(25)31;26-18-3-6-20(27)22(13-18)34-23-21(30)14-25(28-24(23)31,17-7-12-33-15-17)16-1-4-19(5-2-16)29-8-10-32-11-9-29/h2-8,15-16,18H,9-14,17H2,1H3,(H,32,34);1-7,12-13,15,23H,8-11,14H2,(H,28,31). The number of halogens is 4. The van der Waals surface area contributed by atoms with Crippen LogP contribution in [0.1, 0.15) is 35.1 Å². The molecular formula is C54H50Cl4N4O9S4. The third-order valence-corrected chi connectivity index (χ3v) is 18.2. The number of hydrogen-bond acceptors (Lipinski definition) is 15. The van der Waals surface area contributed by atoms with Crippen molar-refractivity contribution in [2.24, 2.45) is 0 Å². The number of benzene rings is 4. The van der Waals surface area contributed by atoms with Gasteiger partial charge in [0, 0.05) is 77.3 Å². The Morgan fingerprint density at radius 3 is 1.69 bits per heavy atom. The van der Waals surface area contributed by atoms with Crippen LogP contribution in [0.25, 0.3) is 0 Å². The van der Waals surface area contributed by atoms with Crippen LogP contribution in [0, 0.1) is 0 Å². The molecule has 3 unspecified atom stereocenters. The van der Waals surface area contributed by atoms with Crippen molar-refractivity contribution in [2.75, 3.05) is 82.7 Å². The fourth-order valence-corrected chi connectivity index (χ4v) is 13.5. The van der Waals surface area contributed by atoms with E-state index >= 15 is 0 Å². The van der Waals surface area contributed by atoms with E-state index in [-0.39, 0.29) is 48.4 Å². The van der Waals surface area contributed by atoms with Crippen LogP contribution < -0.4 is 20.4 Å². The molecule has 392 valence electrons. The Morgan fingerprint density at radius 2 is 1.19 bits per heavy atom. The van der Waals surface area contributed by atoms with Crippen LogP contribution in [0.3, 0.4) is 0 Å². The molecule has 10 rings (SSSR count). The molecular weight excluding hydrogens is 1120 g/mol. The Bertz CT molecular complexity index is 2990. The van der Waals surface area contributed by atoms with Gasteiger partial charge in [-0.2, -0.15) is 22.7 Å². The summed E-state index contributed by atoms with van der Waals surface area (Å²) in [7, 11) is 1.51. The van der Waals surface area contributed by atoms with Crippen LogP contribution in [-0.2, 0) is 49.1 Å². The lowest BCUT2D eigenvalue weighted by molar-refractivity contribution is -0.133. The molecule has 2 N–H and O–H groups in total. The molecule has 3 saturated heterocycles. The van der Waals surface area contributed by atoms with E-state index in [4.69, 9.17) is 70.1 Å². The summed E-state index contributed by atoms with van der Waals surface area (Å²) in [5.74, 6) is -0.727. The number of carbonyl (C=O) groups is 4. The average molecular weight is 1170 g/mol. The molecule has 21 heteroatoms. The molecule has 0 saturated carbocycles. The van der Waals surface area contributed by atoms with E-state index in [9.17, 15) is 19.2 Å². The summed E-state index contributed by atoms with van der Waals surface area (Å²) in [5.41, 5.74) is 3.77. The average Bonchev–Trinajstić information content (AvgIpc) is 4.19. The molecule has 0 aliphatic carbocycles. The first-order valence-electron chi connectivity index (χ1n) is 23.8. The second kappa shape index (κ2) is 25.1. The summed E-state index contributed by atoms with van der Waals surface area (Å²) in [6, 6.07) is 30.2. The zero-order valence-corrected chi connectivity index (χ0v) is 46.6. The van der Waals surface area contributed by atoms with Crippen molar-refractivity contribution in [2.45, 2.75) is 39.0 Å². The lowest BCUT2D eigenvalue weighted by Gasteiger charge is -2.40. The summed E-state index contributed by atoms with van der Waals surface area (Å²) in [5, 5.41) is 15.3. The number of amides is 2. The maximum atomic E-state index is 13.9. The lowest BCUT2D eigenvalue weighted by atomic mass is 9.77. The van der Waals surface area contributed by atoms with Gasteiger partial charge in [0.15, 0.2) is 5.78 Å². The van der Waals surface area contributed by atoms with E-state index in [1.54, 1.807) is 36.4 Å². The van der Waals surface area contributed by atoms with Gasteiger partial charge in [-0.1, -0.05) is 82.4 Å². The van der Waals surface area contributed by atoms with Gasteiger partial charge in [0.1, 0.15) is 22.5 Å². The van der Waals surface area contributed by atoms with Gasteiger partial charge < -0.3 is 44.1 Å². The maximum absolute atomic E-state index is 13.9. The minimum atomic E-state index is -0.995. The van der Waals surface area contributed by atoms with E-state index in [0.717, 1.165) is 83.3 Å². The van der Waals surface area contributed by atoms with Crippen LogP contribution >= 0.6 is 92.6 Å². The van der Waals surface area contributed by atoms with Crippen molar-refractivity contribution in [1.82, 2.24) is 10.6 Å². The number of nitrogens with one attached hydrogen (secondary N) is 2. The van der Waals surface area contributed by atoms with Crippen molar-refractivity contribution < 1.29 is 42.9 Å². The van der Waals surface area contributed by atoms with Crippen LogP contribution in [0.15, 0.2) is 139 Å². The van der Waals surface area contributed by atoms with Crippen LogP contribution in [0.4, 0.5) is 16.2 Å². The van der Waals surface area contributed by atoms with E-state index < -0.39 is 28.4 Å². The monoisotopic (exact) mass is 1170 g/mol. The summed E-state index contributed by atoms with van der Waals surface area (Å²) < 4.78 is 26.8. The van der Waals surface area contributed by atoms with Gasteiger partial charge in [-0.05, 0) is 117 Å². The quantitative estimate of drug-likeness (QED) is 0.0607. The van der Waals surface area contributed by atoms with Crippen LogP contribution in [0.2, 0.25) is 20.1 Å². The molecule has 0 bridgehead atoms. The number of thiophene rings is 2. The molecule has 4 aliphatic rings. The number of ether oxygens (including phenoxy) is 5. The highest BCUT2D eigenvalue weighted by Gasteiger charge is 2.48. The van der Waals surface area contributed by atoms with Crippen molar-refractivity contribution in [1.29, 1.82) is 0 Å². The first kappa shape index (κ1) is 55.0. The van der Waals surface area contributed by atoms with E-state index in [1.165, 1.54) is 29.8 Å². The second-order valence-corrected chi connectivity index (χ2v) is 23.0. The first-order valence-corrected chi connectivity index (χ1v) is 28.9. The molecule has 0 spiro atoms. The van der Waals surface area contributed by atoms with E-state index in [2.05, 4.69) is 32.6 Å². The van der Waals surface area contributed by atoms with Crippen molar-refractivity contribution in [3.8, 4) is 0 Å². The molecule has 75 heavy (non-hydrogen) atoms. The number of rotatable bonds is 14. The number of ketones is 1. The molecule has 6 heterocycles. The maximum Gasteiger partial charge on any atom is 0.513 e. The van der Waals surface area contributed by atoms with E-state index in [1.807, 2.05) is 70.1 Å². The molecule has 6 aromatic rings.